The van der Waals surface area contributed by atoms with Crippen LogP contribution in [-0.2, 0) is 4.74 Å². The van der Waals surface area contributed by atoms with Crippen LogP contribution in [0.25, 0.3) is 16.8 Å². The van der Waals surface area contributed by atoms with E-state index in [0.29, 0.717) is 49.0 Å². The first-order valence-corrected chi connectivity index (χ1v) is 12.1. The minimum atomic E-state index is -0.148. The molecule has 2 amide bonds. The van der Waals surface area contributed by atoms with E-state index in [1.807, 2.05) is 42.6 Å². The average molecular weight is 501 g/mol. The molecule has 1 saturated heterocycles. The number of ether oxygens (including phenoxy) is 1. The Labute approximate surface area is 214 Å². The lowest BCUT2D eigenvalue weighted by molar-refractivity contribution is 0.0303. The van der Waals surface area contributed by atoms with Crippen molar-refractivity contribution in [2.45, 2.75) is 0 Å². The van der Waals surface area contributed by atoms with Crippen molar-refractivity contribution in [1.82, 2.24) is 24.4 Å². The molecule has 0 unspecified atom stereocenters. The Bertz CT molecular complexity index is 1390. The number of carbonyl (C=O) groups is 2. The summed E-state index contributed by atoms with van der Waals surface area (Å²) < 4.78 is 7.02. The molecule has 5 rings (SSSR count). The number of amides is 2. The molecule has 0 atom stereocenters. The third-order valence-electron chi connectivity index (χ3n) is 6.27. The zero-order valence-electron chi connectivity index (χ0n) is 20.5. The molecule has 0 saturated carbocycles. The Kier molecular flexibility index (Phi) is 7.11. The molecule has 1 fully saturated rings. The number of aliphatic hydroxyl groups is 1. The molecule has 10 nitrogen and oxygen atoms in total. The molecule has 4 aromatic rings. The van der Waals surface area contributed by atoms with Crippen molar-refractivity contribution in [3.05, 3.63) is 78.0 Å². The number of rotatable bonds is 7. The van der Waals surface area contributed by atoms with Gasteiger partial charge in [0.05, 0.1) is 19.8 Å². The van der Waals surface area contributed by atoms with E-state index in [2.05, 4.69) is 15.4 Å². The van der Waals surface area contributed by atoms with Crippen molar-refractivity contribution in [2.75, 3.05) is 51.8 Å². The minimum absolute atomic E-state index is 0.00175. The van der Waals surface area contributed by atoms with Gasteiger partial charge in [-0.25, -0.2) is 4.52 Å². The number of nitrogens with one attached hydrogen (secondary N) is 1. The van der Waals surface area contributed by atoms with Crippen LogP contribution in [0.5, 0.6) is 0 Å². The van der Waals surface area contributed by atoms with E-state index >= 15 is 0 Å². The number of likely N-dealkylation sites (N-methyl/N-ethyl adjacent to an activating group) is 1. The fourth-order valence-electron chi connectivity index (χ4n) is 4.22. The molecular weight excluding hydrogens is 472 g/mol. The van der Waals surface area contributed by atoms with Gasteiger partial charge in [-0.15, -0.1) is 5.10 Å². The van der Waals surface area contributed by atoms with Crippen LogP contribution >= 0.6 is 0 Å². The molecule has 0 bridgehead atoms. The molecule has 10 heteroatoms. The Morgan fingerprint density at radius 1 is 1.03 bits per heavy atom. The van der Waals surface area contributed by atoms with Gasteiger partial charge in [0.25, 0.3) is 11.8 Å². The SMILES string of the molecule is CN(CCO)C(=O)c1ccc(-c2cccn3nc(Nc4ccc(C(=O)N5CCOCC5)cc4)nc23)cc1. The summed E-state index contributed by atoms with van der Waals surface area (Å²) in [4.78, 5) is 33.1. The standard InChI is InChI=1S/C27H28N6O4/c1-31(13-16-34)25(35)20-6-4-19(5-7-20)23-3-2-12-33-24(23)29-27(30-33)28-22-10-8-21(9-11-22)26(36)32-14-17-37-18-15-32/h2-12,34H,13-18H2,1H3,(H,28,30). The van der Waals surface area contributed by atoms with Crippen molar-refractivity contribution in [1.29, 1.82) is 0 Å². The van der Waals surface area contributed by atoms with Crippen LogP contribution in [0.1, 0.15) is 20.7 Å². The van der Waals surface area contributed by atoms with Crippen LogP contribution in [0.4, 0.5) is 11.6 Å². The van der Waals surface area contributed by atoms with E-state index in [4.69, 9.17) is 9.84 Å². The predicted octanol–water partition coefficient (Wildman–Crippen LogP) is 2.68. The lowest BCUT2D eigenvalue weighted by Gasteiger charge is -2.26. The van der Waals surface area contributed by atoms with Gasteiger partial charge in [-0.3, -0.25) is 9.59 Å². The van der Waals surface area contributed by atoms with Crippen LogP contribution in [0.2, 0.25) is 0 Å². The fourth-order valence-corrected chi connectivity index (χ4v) is 4.22. The van der Waals surface area contributed by atoms with Gasteiger partial charge in [-0.1, -0.05) is 12.1 Å². The van der Waals surface area contributed by atoms with Gasteiger partial charge in [0.2, 0.25) is 5.95 Å². The lowest BCUT2D eigenvalue weighted by Crippen LogP contribution is -2.40. The molecule has 1 aliphatic rings. The number of nitrogens with zero attached hydrogens (tertiary/aromatic N) is 5. The smallest absolute Gasteiger partial charge is 0.254 e. The van der Waals surface area contributed by atoms with Crippen LogP contribution in [0, 0.1) is 0 Å². The van der Waals surface area contributed by atoms with E-state index in [1.165, 1.54) is 4.90 Å². The topological polar surface area (TPSA) is 112 Å². The van der Waals surface area contributed by atoms with Crippen molar-refractivity contribution >= 4 is 29.1 Å². The largest absolute Gasteiger partial charge is 0.395 e. The minimum Gasteiger partial charge on any atom is -0.395 e. The maximum Gasteiger partial charge on any atom is 0.254 e. The van der Waals surface area contributed by atoms with Crippen molar-refractivity contribution in [2.24, 2.45) is 0 Å². The van der Waals surface area contributed by atoms with Gasteiger partial charge < -0.3 is 25.0 Å². The third-order valence-corrected chi connectivity index (χ3v) is 6.27. The zero-order valence-corrected chi connectivity index (χ0v) is 20.5. The van der Waals surface area contributed by atoms with E-state index in [1.54, 1.807) is 40.7 Å². The van der Waals surface area contributed by atoms with Gasteiger partial charge >= 0.3 is 0 Å². The summed E-state index contributed by atoms with van der Waals surface area (Å²) in [5, 5.41) is 16.8. The monoisotopic (exact) mass is 500 g/mol. The molecule has 2 N–H and O–H groups in total. The van der Waals surface area contributed by atoms with E-state index in [-0.39, 0.29) is 25.0 Å². The Hall–Kier alpha value is -4.28. The normalized spacial score (nSPS) is 13.5. The summed E-state index contributed by atoms with van der Waals surface area (Å²) in [7, 11) is 1.66. The highest BCUT2D eigenvalue weighted by Crippen LogP contribution is 2.26. The second-order valence-electron chi connectivity index (χ2n) is 8.76. The van der Waals surface area contributed by atoms with E-state index in [0.717, 1.165) is 16.8 Å². The number of anilines is 2. The van der Waals surface area contributed by atoms with Gasteiger partial charge in [-0.2, -0.15) is 4.98 Å². The summed E-state index contributed by atoms with van der Waals surface area (Å²) >= 11 is 0. The first-order valence-electron chi connectivity index (χ1n) is 12.1. The van der Waals surface area contributed by atoms with Crippen LogP contribution in [0.15, 0.2) is 66.9 Å². The van der Waals surface area contributed by atoms with Gasteiger partial charge in [0.1, 0.15) is 0 Å². The molecule has 0 spiro atoms. The number of pyridine rings is 1. The summed E-state index contributed by atoms with van der Waals surface area (Å²) in [6, 6.07) is 18.4. The summed E-state index contributed by atoms with van der Waals surface area (Å²) in [6.45, 7) is 2.54. The Morgan fingerprint density at radius 2 is 1.73 bits per heavy atom. The highest BCUT2D eigenvalue weighted by Gasteiger charge is 2.18. The van der Waals surface area contributed by atoms with Gasteiger partial charge in [0.15, 0.2) is 5.65 Å². The number of hydrogen-bond acceptors (Lipinski definition) is 7. The Balaban J connectivity index is 1.32. The van der Waals surface area contributed by atoms with E-state index in [9.17, 15) is 9.59 Å². The fraction of sp³-hybridized carbons (Fsp3) is 0.259. The number of carbonyl (C=O) groups excluding carboxylic acids is 2. The average Bonchev–Trinajstić information content (AvgIpc) is 3.36. The molecule has 0 radical (unpaired) electrons. The van der Waals surface area contributed by atoms with E-state index < -0.39 is 0 Å². The number of fused-ring (bicyclic) bond motifs is 1. The third kappa shape index (κ3) is 5.30. The molecule has 1 aliphatic heterocycles. The molecule has 190 valence electrons. The van der Waals surface area contributed by atoms with Crippen LogP contribution < -0.4 is 5.32 Å². The molecule has 2 aromatic carbocycles. The first kappa shape index (κ1) is 24.4. The molecular formula is C27H28N6O4. The summed E-state index contributed by atoms with van der Waals surface area (Å²) in [6.07, 6.45) is 1.82. The second-order valence-corrected chi connectivity index (χ2v) is 8.76. The second kappa shape index (κ2) is 10.8. The van der Waals surface area contributed by atoms with Crippen molar-refractivity contribution < 1.29 is 19.4 Å². The number of aromatic nitrogens is 3. The number of morpholine rings is 1. The van der Waals surface area contributed by atoms with Crippen molar-refractivity contribution in [3.8, 4) is 11.1 Å². The van der Waals surface area contributed by atoms with Crippen LogP contribution in [-0.4, -0.2) is 87.8 Å². The molecule has 3 heterocycles. The van der Waals surface area contributed by atoms with Gasteiger partial charge in [-0.05, 0) is 54.1 Å². The number of hydrogen-bond donors (Lipinski definition) is 2. The number of benzene rings is 2. The molecule has 37 heavy (non-hydrogen) atoms. The highest BCUT2D eigenvalue weighted by atomic mass is 16.5. The summed E-state index contributed by atoms with van der Waals surface area (Å²) in [5.74, 6) is 0.278. The summed E-state index contributed by atoms with van der Waals surface area (Å²) in [5.41, 5.74) is 4.38. The van der Waals surface area contributed by atoms with Gasteiger partial charge in [0, 0.05) is 55.3 Å². The number of aliphatic hydroxyl groups excluding tert-OH is 1. The molecule has 2 aromatic heterocycles. The van der Waals surface area contributed by atoms with Crippen LogP contribution in [0.3, 0.4) is 0 Å². The maximum absolute atomic E-state index is 12.7. The first-order chi connectivity index (χ1) is 18.0. The molecule has 0 aliphatic carbocycles. The maximum atomic E-state index is 12.7. The quantitative estimate of drug-likeness (QED) is 0.401. The zero-order chi connectivity index (χ0) is 25.8. The Morgan fingerprint density at radius 3 is 2.43 bits per heavy atom. The highest BCUT2D eigenvalue weighted by molar-refractivity contribution is 5.95. The lowest BCUT2D eigenvalue weighted by atomic mass is 10.0. The predicted molar refractivity (Wildman–Crippen MR) is 139 cm³/mol. The van der Waals surface area contributed by atoms with Crippen molar-refractivity contribution in [3.63, 3.8) is 0 Å².